The molecule has 1 aliphatic rings. The third-order valence-corrected chi connectivity index (χ3v) is 1.06. The molecule has 0 unspecified atom stereocenters. The highest BCUT2D eigenvalue weighted by atomic mass is 19.1. The molecule has 0 aromatic carbocycles. The van der Waals surface area contributed by atoms with Crippen LogP contribution in [-0.2, 0) is 0 Å². The average Bonchev–Trinajstić information content (AvgIpc) is 1.80. The second-order valence-electron chi connectivity index (χ2n) is 1.78. The number of hydrogen-bond donors (Lipinski definition) is 2. The Morgan fingerprint density at radius 2 is 2.33 bits per heavy atom. The summed E-state index contributed by atoms with van der Waals surface area (Å²) in [7, 11) is 1.64. The third-order valence-electron chi connectivity index (χ3n) is 1.06. The van der Waals surface area contributed by atoms with Gasteiger partial charge in [0, 0.05) is 7.05 Å². The molecule has 1 heterocycles. The molecule has 0 saturated carbocycles. The normalized spacial score (nSPS) is 18.2. The van der Waals surface area contributed by atoms with Crippen LogP contribution in [0.15, 0.2) is 23.9 Å². The van der Waals surface area contributed by atoms with Crippen LogP contribution in [0.5, 0.6) is 0 Å². The van der Waals surface area contributed by atoms with E-state index in [-0.39, 0.29) is 0 Å². The van der Waals surface area contributed by atoms with Crippen molar-refractivity contribution in [2.24, 2.45) is 5.73 Å². The maximum absolute atomic E-state index is 12.2. The zero-order valence-corrected chi connectivity index (χ0v) is 5.06. The molecule has 0 atom stereocenters. The van der Waals surface area contributed by atoms with Crippen molar-refractivity contribution in [2.45, 2.75) is 0 Å². The molecule has 0 amide bonds. The van der Waals surface area contributed by atoms with Crippen molar-refractivity contribution < 1.29 is 4.39 Å². The first-order valence-corrected chi connectivity index (χ1v) is 2.53. The van der Waals surface area contributed by atoms with Gasteiger partial charge in [-0.25, -0.2) is 0 Å². The Labute approximate surface area is 52.6 Å². The minimum atomic E-state index is -0.397. The summed E-state index contributed by atoms with van der Waals surface area (Å²) in [6.07, 6.45) is 2.77. The number of nitrogens with two attached hydrogens (primary N) is 1. The van der Waals surface area contributed by atoms with E-state index in [1.54, 1.807) is 7.05 Å². The van der Waals surface area contributed by atoms with E-state index >= 15 is 0 Å². The van der Waals surface area contributed by atoms with Gasteiger partial charge < -0.3 is 5.73 Å². The number of nitrogens with one attached hydrogen (secondary N) is 1. The highest BCUT2D eigenvalue weighted by Gasteiger charge is 2.04. The molecule has 0 bridgehead atoms. The number of allylic oxidation sites excluding steroid dienone is 2. The van der Waals surface area contributed by atoms with Gasteiger partial charge in [0.1, 0.15) is 5.82 Å². The van der Waals surface area contributed by atoms with Crippen LogP contribution in [0.1, 0.15) is 0 Å². The molecular weight excluding hydrogens is 121 g/mol. The van der Waals surface area contributed by atoms with Crippen molar-refractivity contribution in [1.29, 1.82) is 0 Å². The average molecular weight is 129 g/mol. The minimum Gasteiger partial charge on any atom is -0.384 e. The molecule has 0 spiro atoms. The standard InChI is InChI=1S/C5H8FN3/c1-9-5(7)3-2-4(6)8-9/h2-3,8H,7H2,1H3. The van der Waals surface area contributed by atoms with Gasteiger partial charge >= 0.3 is 0 Å². The highest BCUT2D eigenvalue weighted by Crippen LogP contribution is 2.02. The van der Waals surface area contributed by atoms with Crippen LogP contribution in [0.2, 0.25) is 0 Å². The van der Waals surface area contributed by atoms with Gasteiger partial charge in [0.05, 0.1) is 0 Å². The summed E-state index contributed by atoms with van der Waals surface area (Å²) in [5.74, 6) is 0.100. The molecular formula is C5H8FN3. The SMILES string of the molecule is CN1NC(F)=CC=C1N. The van der Waals surface area contributed by atoms with Gasteiger partial charge in [-0.2, -0.15) is 4.39 Å². The number of hydrazine groups is 1. The van der Waals surface area contributed by atoms with Gasteiger partial charge in [-0.1, -0.05) is 0 Å². The fourth-order valence-electron chi connectivity index (χ4n) is 0.532. The summed E-state index contributed by atoms with van der Waals surface area (Å²) >= 11 is 0. The van der Waals surface area contributed by atoms with E-state index in [1.165, 1.54) is 17.2 Å². The lowest BCUT2D eigenvalue weighted by Gasteiger charge is -2.22. The molecule has 50 valence electrons. The Bertz CT molecular complexity index is 173. The second kappa shape index (κ2) is 1.97. The summed E-state index contributed by atoms with van der Waals surface area (Å²) in [6.45, 7) is 0. The van der Waals surface area contributed by atoms with Crippen molar-refractivity contribution in [3.63, 3.8) is 0 Å². The van der Waals surface area contributed by atoms with Crippen LogP contribution in [-0.4, -0.2) is 12.1 Å². The Balaban J connectivity index is 2.74. The van der Waals surface area contributed by atoms with Gasteiger partial charge in [-0.15, -0.1) is 0 Å². The molecule has 0 aromatic heterocycles. The molecule has 0 aromatic rings. The zero-order valence-electron chi connectivity index (χ0n) is 5.06. The van der Waals surface area contributed by atoms with Crippen LogP contribution < -0.4 is 11.2 Å². The molecule has 1 rings (SSSR count). The topological polar surface area (TPSA) is 41.3 Å². The summed E-state index contributed by atoms with van der Waals surface area (Å²) in [5.41, 5.74) is 7.72. The minimum absolute atomic E-state index is 0.397. The van der Waals surface area contributed by atoms with Crippen molar-refractivity contribution in [3.05, 3.63) is 23.9 Å². The fraction of sp³-hybridized carbons (Fsp3) is 0.200. The van der Waals surface area contributed by atoms with Gasteiger partial charge in [0.15, 0.2) is 0 Å². The maximum Gasteiger partial charge on any atom is 0.205 e. The first-order valence-electron chi connectivity index (χ1n) is 2.53. The van der Waals surface area contributed by atoms with Crippen molar-refractivity contribution in [3.8, 4) is 0 Å². The molecule has 3 nitrogen and oxygen atoms in total. The quantitative estimate of drug-likeness (QED) is 0.454. The highest BCUT2D eigenvalue weighted by molar-refractivity contribution is 5.14. The van der Waals surface area contributed by atoms with Crippen LogP contribution in [0.3, 0.4) is 0 Å². The molecule has 0 aliphatic carbocycles. The molecule has 0 saturated heterocycles. The Morgan fingerprint density at radius 3 is 2.78 bits per heavy atom. The number of hydrogen-bond acceptors (Lipinski definition) is 3. The lowest BCUT2D eigenvalue weighted by Crippen LogP contribution is -2.37. The monoisotopic (exact) mass is 129 g/mol. The van der Waals surface area contributed by atoms with E-state index in [9.17, 15) is 4.39 Å². The van der Waals surface area contributed by atoms with E-state index in [4.69, 9.17) is 5.73 Å². The Morgan fingerprint density at radius 1 is 1.67 bits per heavy atom. The van der Waals surface area contributed by atoms with Crippen molar-refractivity contribution >= 4 is 0 Å². The molecule has 1 aliphatic heterocycles. The van der Waals surface area contributed by atoms with E-state index in [0.717, 1.165) is 0 Å². The molecule has 0 radical (unpaired) electrons. The first-order chi connectivity index (χ1) is 4.20. The van der Waals surface area contributed by atoms with Crippen LogP contribution >= 0.6 is 0 Å². The van der Waals surface area contributed by atoms with E-state index in [1.807, 2.05) is 0 Å². The van der Waals surface area contributed by atoms with Crippen molar-refractivity contribution in [1.82, 2.24) is 10.4 Å². The largest absolute Gasteiger partial charge is 0.384 e. The van der Waals surface area contributed by atoms with Gasteiger partial charge in [-0.05, 0) is 12.2 Å². The molecule has 3 N–H and O–H groups in total. The lowest BCUT2D eigenvalue weighted by molar-refractivity contribution is 0.284. The zero-order chi connectivity index (χ0) is 6.85. The smallest absolute Gasteiger partial charge is 0.205 e. The van der Waals surface area contributed by atoms with E-state index < -0.39 is 5.95 Å². The summed E-state index contributed by atoms with van der Waals surface area (Å²) in [4.78, 5) is 0. The van der Waals surface area contributed by atoms with Gasteiger partial charge in [0.25, 0.3) is 0 Å². The molecule has 4 heteroatoms. The van der Waals surface area contributed by atoms with Crippen molar-refractivity contribution in [2.75, 3.05) is 7.05 Å². The number of nitrogens with zero attached hydrogens (tertiary/aromatic N) is 1. The van der Waals surface area contributed by atoms with Crippen LogP contribution in [0.4, 0.5) is 4.39 Å². The molecule has 9 heavy (non-hydrogen) atoms. The second-order valence-corrected chi connectivity index (χ2v) is 1.78. The first kappa shape index (κ1) is 5.94. The van der Waals surface area contributed by atoms with Crippen LogP contribution in [0, 0.1) is 0 Å². The van der Waals surface area contributed by atoms with Crippen LogP contribution in [0.25, 0.3) is 0 Å². The predicted molar refractivity (Wildman–Crippen MR) is 32.4 cm³/mol. The maximum atomic E-state index is 12.2. The van der Waals surface area contributed by atoms with Gasteiger partial charge in [0.2, 0.25) is 5.95 Å². The predicted octanol–water partition coefficient (Wildman–Crippen LogP) is 0.0474. The van der Waals surface area contributed by atoms with E-state index in [2.05, 4.69) is 5.43 Å². The third kappa shape index (κ3) is 1.13. The summed E-state index contributed by atoms with van der Waals surface area (Å²) < 4.78 is 12.2. The number of halogens is 1. The van der Waals surface area contributed by atoms with E-state index in [0.29, 0.717) is 5.82 Å². The molecule has 0 fully saturated rings. The Kier molecular flexibility index (Phi) is 1.30. The van der Waals surface area contributed by atoms with Gasteiger partial charge in [-0.3, -0.25) is 10.4 Å². The summed E-state index contributed by atoms with van der Waals surface area (Å²) in [5, 5.41) is 1.40. The summed E-state index contributed by atoms with van der Waals surface area (Å²) in [6, 6.07) is 0. The Hall–Kier alpha value is -1.19. The lowest BCUT2D eigenvalue weighted by atomic mass is 10.5. The number of rotatable bonds is 0. The fourth-order valence-corrected chi connectivity index (χ4v) is 0.532.